The van der Waals surface area contributed by atoms with Crippen molar-refractivity contribution in [3.05, 3.63) is 174 Å². The average Bonchev–Trinajstić information content (AvgIpc) is 3.78. The first-order chi connectivity index (χ1) is 30.1. The molecular formula is C56H57N4O+. The zero-order valence-electron chi connectivity index (χ0n) is 40.1. The number of imidazole rings is 1. The zero-order valence-corrected chi connectivity index (χ0v) is 37.1. The molecule has 0 aliphatic rings. The SMILES string of the molecule is [2H]C([2H])([2H])c1cc(C(C)(C)C)cc(C)c1-c1ccnc(-n2c3cc(Oc4cccc(-n5c[n+](-c6cccc(C(C)(C)C)c6)c6ccccc65)c4)ccc3c3ccc(C(C)(C)C)cc32)c1. The van der Waals surface area contributed by atoms with Crippen molar-refractivity contribution in [1.29, 1.82) is 0 Å². The summed E-state index contributed by atoms with van der Waals surface area (Å²) in [5.74, 6) is 2.09. The van der Waals surface area contributed by atoms with E-state index in [9.17, 15) is 0 Å². The van der Waals surface area contributed by atoms with Crippen LogP contribution in [0.2, 0.25) is 0 Å². The fourth-order valence-corrected chi connectivity index (χ4v) is 8.55. The van der Waals surface area contributed by atoms with Gasteiger partial charge >= 0.3 is 0 Å². The van der Waals surface area contributed by atoms with E-state index in [2.05, 4.69) is 179 Å². The molecule has 0 radical (unpaired) electrons. The summed E-state index contributed by atoms with van der Waals surface area (Å²) in [6.07, 6.45) is 3.95. The molecule has 5 nitrogen and oxygen atoms in total. The van der Waals surface area contributed by atoms with Crippen molar-refractivity contribution < 1.29 is 13.4 Å². The highest BCUT2D eigenvalue weighted by atomic mass is 16.5. The van der Waals surface area contributed by atoms with Gasteiger partial charge in [-0.05, 0) is 136 Å². The normalized spacial score (nSPS) is 13.4. The molecule has 0 aliphatic heterocycles. The molecule has 61 heavy (non-hydrogen) atoms. The first-order valence-corrected chi connectivity index (χ1v) is 21.3. The molecule has 0 spiro atoms. The molecule has 5 heteroatoms. The number of hydrogen-bond acceptors (Lipinski definition) is 2. The van der Waals surface area contributed by atoms with Crippen LogP contribution in [0.5, 0.6) is 11.5 Å². The minimum Gasteiger partial charge on any atom is -0.457 e. The Hall–Kier alpha value is -6.46. The summed E-state index contributed by atoms with van der Waals surface area (Å²) in [6, 6.07) is 46.3. The molecule has 0 atom stereocenters. The number of para-hydroxylation sites is 2. The van der Waals surface area contributed by atoms with Crippen LogP contribution in [0.1, 0.15) is 94.2 Å². The summed E-state index contributed by atoms with van der Waals surface area (Å²) in [5.41, 5.74) is 12.2. The monoisotopic (exact) mass is 804 g/mol. The van der Waals surface area contributed by atoms with Crippen molar-refractivity contribution in [2.75, 3.05) is 0 Å². The predicted molar refractivity (Wildman–Crippen MR) is 254 cm³/mol. The number of aromatic nitrogens is 4. The van der Waals surface area contributed by atoms with E-state index < -0.39 is 6.85 Å². The van der Waals surface area contributed by atoms with Crippen LogP contribution in [-0.2, 0) is 16.2 Å². The van der Waals surface area contributed by atoms with Gasteiger partial charge in [0.25, 0.3) is 6.33 Å². The van der Waals surface area contributed by atoms with Crippen LogP contribution in [0.4, 0.5) is 0 Å². The van der Waals surface area contributed by atoms with Gasteiger partial charge in [0.05, 0.1) is 11.0 Å². The van der Waals surface area contributed by atoms with Crippen molar-refractivity contribution in [2.24, 2.45) is 0 Å². The molecule has 0 saturated carbocycles. The Morgan fingerprint density at radius 1 is 0.574 bits per heavy atom. The minimum atomic E-state index is -2.31. The molecule has 0 N–H and O–H groups in total. The molecule has 0 unspecified atom stereocenters. The van der Waals surface area contributed by atoms with E-state index in [1.54, 1.807) is 6.20 Å². The Morgan fingerprint density at radius 3 is 2.00 bits per heavy atom. The van der Waals surface area contributed by atoms with Crippen LogP contribution in [0.25, 0.3) is 61.2 Å². The van der Waals surface area contributed by atoms with Gasteiger partial charge in [0.2, 0.25) is 0 Å². The smallest absolute Gasteiger partial charge is 0.255 e. The molecule has 9 aromatic rings. The number of rotatable bonds is 6. The second-order valence-electron chi connectivity index (χ2n) is 19.6. The van der Waals surface area contributed by atoms with E-state index in [0.29, 0.717) is 22.9 Å². The first kappa shape index (κ1) is 36.4. The molecule has 0 fully saturated rings. The molecule has 9 rings (SSSR count). The molecular weight excluding hydrogens is 745 g/mol. The summed E-state index contributed by atoms with van der Waals surface area (Å²) in [7, 11) is 0. The first-order valence-electron chi connectivity index (χ1n) is 22.8. The third kappa shape index (κ3) is 7.41. The lowest BCUT2D eigenvalue weighted by atomic mass is 9.83. The van der Waals surface area contributed by atoms with Crippen LogP contribution in [0, 0.1) is 13.8 Å². The number of ether oxygens (including phenoxy) is 1. The summed E-state index contributed by atoms with van der Waals surface area (Å²) in [6.45, 7) is 19.5. The maximum atomic E-state index is 8.62. The summed E-state index contributed by atoms with van der Waals surface area (Å²) < 4.78 is 39.3. The van der Waals surface area contributed by atoms with Gasteiger partial charge in [-0.2, -0.15) is 9.13 Å². The lowest BCUT2D eigenvalue weighted by Crippen LogP contribution is -2.29. The van der Waals surface area contributed by atoms with E-state index in [0.717, 1.165) is 66.5 Å². The molecule has 0 bridgehead atoms. The van der Waals surface area contributed by atoms with Gasteiger partial charge in [-0.25, -0.2) is 4.98 Å². The number of nitrogens with zero attached hydrogens (tertiary/aromatic N) is 4. The van der Waals surface area contributed by atoms with Crippen molar-refractivity contribution in [1.82, 2.24) is 14.1 Å². The van der Waals surface area contributed by atoms with E-state index in [1.807, 2.05) is 43.3 Å². The lowest BCUT2D eigenvalue weighted by molar-refractivity contribution is -0.567. The predicted octanol–water partition coefficient (Wildman–Crippen LogP) is 14.4. The molecule has 0 saturated heterocycles. The Labute approximate surface area is 365 Å². The Kier molecular flexibility index (Phi) is 8.72. The number of benzene rings is 6. The quantitative estimate of drug-likeness (QED) is 0.157. The van der Waals surface area contributed by atoms with Gasteiger partial charge in [-0.3, -0.25) is 4.57 Å². The largest absolute Gasteiger partial charge is 0.457 e. The van der Waals surface area contributed by atoms with Gasteiger partial charge < -0.3 is 4.74 Å². The summed E-state index contributed by atoms with van der Waals surface area (Å²) in [4.78, 5) is 4.98. The average molecular weight is 805 g/mol. The van der Waals surface area contributed by atoms with E-state index in [1.165, 1.54) is 11.1 Å². The van der Waals surface area contributed by atoms with Gasteiger partial charge in [-0.1, -0.05) is 117 Å². The summed E-state index contributed by atoms with van der Waals surface area (Å²) >= 11 is 0. The lowest BCUT2D eigenvalue weighted by Gasteiger charge is -2.22. The fourth-order valence-electron chi connectivity index (χ4n) is 8.55. The van der Waals surface area contributed by atoms with Gasteiger partial charge in [0.15, 0.2) is 11.0 Å². The molecule has 306 valence electrons. The number of fused-ring (bicyclic) bond motifs is 4. The molecule has 6 aromatic carbocycles. The van der Waals surface area contributed by atoms with Crippen molar-refractivity contribution >= 4 is 32.8 Å². The zero-order chi connectivity index (χ0) is 45.5. The third-order valence-corrected chi connectivity index (χ3v) is 12.0. The Morgan fingerprint density at radius 2 is 1.25 bits per heavy atom. The van der Waals surface area contributed by atoms with Crippen LogP contribution >= 0.6 is 0 Å². The molecule has 3 heterocycles. The van der Waals surface area contributed by atoms with E-state index in [-0.39, 0.29) is 16.2 Å². The topological polar surface area (TPSA) is 35.9 Å². The van der Waals surface area contributed by atoms with Crippen LogP contribution < -0.4 is 9.30 Å². The van der Waals surface area contributed by atoms with Gasteiger partial charge in [0.1, 0.15) is 28.7 Å². The highest BCUT2D eigenvalue weighted by molar-refractivity contribution is 6.09. The molecule has 0 aliphatic carbocycles. The number of hydrogen-bond donors (Lipinski definition) is 0. The molecule has 0 amide bonds. The number of pyridine rings is 1. The van der Waals surface area contributed by atoms with Crippen LogP contribution in [-0.4, -0.2) is 14.1 Å². The maximum absolute atomic E-state index is 8.62. The van der Waals surface area contributed by atoms with Crippen molar-refractivity contribution in [3.63, 3.8) is 0 Å². The Balaban J connectivity index is 1.16. The fraction of sp³-hybridized carbons (Fsp3) is 0.250. The van der Waals surface area contributed by atoms with E-state index in [4.69, 9.17) is 13.8 Å². The highest BCUT2D eigenvalue weighted by Gasteiger charge is 2.24. The maximum Gasteiger partial charge on any atom is 0.255 e. The van der Waals surface area contributed by atoms with Crippen molar-refractivity contribution in [3.8, 4) is 39.8 Å². The summed E-state index contributed by atoms with van der Waals surface area (Å²) in [5, 5.41) is 2.16. The highest BCUT2D eigenvalue weighted by Crippen LogP contribution is 2.39. The number of aryl methyl sites for hydroxylation is 2. The second-order valence-corrected chi connectivity index (χ2v) is 19.6. The third-order valence-electron chi connectivity index (χ3n) is 12.0. The standard InChI is InChI=1S/C56H57N4O/c1-36-28-41(56(9,10)11)29-37(2)53(36)38-26-27-57-52(30-38)60-50-32-40(55(6,7)8)22-24-46(50)47-25-23-45(34-51(47)60)61-44-19-15-18-43(33-44)59-35-58(48-20-12-13-21-49(48)59)42-17-14-16-39(31-42)54(3,4)5/h12-35H,1-11H3/q+1/i1D3. The van der Waals surface area contributed by atoms with Crippen LogP contribution in [0.3, 0.4) is 0 Å². The minimum absolute atomic E-state index is 0.0252. The van der Waals surface area contributed by atoms with Gasteiger partial charge in [0, 0.05) is 33.2 Å². The second kappa shape index (κ2) is 14.6. The van der Waals surface area contributed by atoms with Crippen LogP contribution in [0.15, 0.2) is 146 Å². The van der Waals surface area contributed by atoms with E-state index >= 15 is 0 Å². The molecule has 3 aromatic heterocycles. The van der Waals surface area contributed by atoms with Gasteiger partial charge in [-0.15, -0.1) is 0 Å². The Bertz CT molecular complexity index is 3260. The van der Waals surface area contributed by atoms with Crippen molar-refractivity contribution in [2.45, 2.75) is 92.3 Å².